The number of hydrogen-bond acceptors (Lipinski definition) is 7. The fourth-order valence-electron chi connectivity index (χ4n) is 4.89. The van der Waals surface area contributed by atoms with Gasteiger partial charge in [0.1, 0.15) is 5.69 Å². The fourth-order valence-corrected chi connectivity index (χ4v) is 4.89. The lowest BCUT2D eigenvalue weighted by molar-refractivity contribution is -0.136. The van der Waals surface area contributed by atoms with Crippen LogP contribution in [0.15, 0.2) is 36.5 Å². The first-order valence-corrected chi connectivity index (χ1v) is 11.9. The number of nitrogens with one attached hydrogen (secondary N) is 1. The van der Waals surface area contributed by atoms with Crippen LogP contribution in [0.2, 0.25) is 0 Å². The van der Waals surface area contributed by atoms with Gasteiger partial charge in [-0.2, -0.15) is 0 Å². The topological polar surface area (TPSA) is 99.2 Å². The zero-order valence-corrected chi connectivity index (χ0v) is 20.5. The van der Waals surface area contributed by atoms with Crippen molar-refractivity contribution >= 4 is 11.8 Å². The number of nitrogens with zero attached hydrogens (tertiary/aromatic N) is 2. The molecule has 0 aliphatic carbocycles. The number of methoxy groups -OCH3 is 3. The van der Waals surface area contributed by atoms with Crippen LogP contribution in [0.3, 0.4) is 0 Å². The van der Waals surface area contributed by atoms with Crippen molar-refractivity contribution in [2.45, 2.75) is 43.8 Å². The third kappa shape index (κ3) is 5.67. The molecule has 0 unspecified atom stereocenters. The molecule has 2 aromatic rings. The fraction of sp³-hybridized carbons (Fsp3) is 0.500. The smallest absolute Gasteiger partial charge is 0.269 e. The lowest BCUT2D eigenvalue weighted by Gasteiger charge is -2.39. The summed E-state index contributed by atoms with van der Waals surface area (Å²) in [5.74, 6) is 1.45. The number of hydrogen-bond donors (Lipinski definition) is 1. The third-order valence-electron chi connectivity index (χ3n) is 6.83. The molecule has 9 heteroatoms. The number of amides is 2. The number of pyridine rings is 1. The van der Waals surface area contributed by atoms with Gasteiger partial charge in [0.05, 0.1) is 39.5 Å². The van der Waals surface area contributed by atoms with E-state index in [0.717, 1.165) is 31.2 Å². The summed E-state index contributed by atoms with van der Waals surface area (Å²) in [7, 11) is 4.68. The molecule has 2 aliphatic rings. The quantitative estimate of drug-likeness (QED) is 0.616. The standard InChI is InChI=1S/C26H33N3O6/c1-32-21-14-18(15-22(33-2)24(21)34-3)16-23(30)29-12-9-26(10-13-29)8-7-19(35-26)17-28-25(31)20-6-4-5-11-27-20/h4-6,11,14-15,19H,7-10,12-13,16-17H2,1-3H3,(H,28,31)/t19-/m0/s1. The van der Waals surface area contributed by atoms with E-state index in [-0.39, 0.29) is 29.9 Å². The third-order valence-corrected chi connectivity index (χ3v) is 6.83. The molecule has 1 aromatic carbocycles. The van der Waals surface area contributed by atoms with E-state index in [2.05, 4.69) is 10.3 Å². The summed E-state index contributed by atoms with van der Waals surface area (Å²) in [5, 5.41) is 2.92. The Kier molecular flexibility index (Phi) is 7.75. The molecule has 2 fully saturated rings. The molecule has 1 spiro atoms. The van der Waals surface area contributed by atoms with Crippen LogP contribution >= 0.6 is 0 Å². The van der Waals surface area contributed by atoms with E-state index in [0.29, 0.717) is 42.6 Å². The SMILES string of the molecule is COc1cc(CC(=O)N2CCC3(CC[C@@H](CNC(=O)c4ccccn4)O3)CC2)cc(OC)c1OC. The van der Waals surface area contributed by atoms with Gasteiger partial charge in [-0.05, 0) is 55.5 Å². The molecule has 2 aliphatic heterocycles. The summed E-state index contributed by atoms with van der Waals surface area (Å²) in [6.45, 7) is 1.76. The molecule has 188 valence electrons. The molecule has 3 heterocycles. The van der Waals surface area contributed by atoms with Gasteiger partial charge in [-0.15, -0.1) is 0 Å². The second-order valence-corrected chi connectivity index (χ2v) is 8.98. The van der Waals surface area contributed by atoms with E-state index in [1.807, 2.05) is 17.0 Å². The Morgan fingerprint density at radius 3 is 2.40 bits per heavy atom. The van der Waals surface area contributed by atoms with Gasteiger partial charge in [-0.3, -0.25) is 14.6 Å². The second-order valence-electron chi connectivity index (χ2n) is 8.98. The minimum atomic E-state index is -0.219. The van der Waals surface area contributed by atoms with Crippen LogP contribution in [0, 0.1) is 0 Å². The number of rotatable bonds is 8. The second kappa shape index (κ2) is 10.9. The molecule has 35 heavy (non-hydrogen) atoms. The zero-order chi connectivity index (χ0) is 24.8. The number of aromatic nitrogens is 1. The molecule has 1 N–H and O–H groups in total. The highest BCUT2D eigenvalue weighted by Crippen LogP contribution is 2.40. The molecular weight excluding hydrogens is 450 g/mol. The maximum atomic E-state index is 13.0. The average molecular weight is 484 g/mol. The molecule has 4 rings (SSSR count). The minimum absolute atomic E-state index is 0.0239. The Bertz CT molecular complexity index is 1010. The number of carbonyl (C=O) groups is 2. The number of carbonyl (C=O) groups excluding carboxylic acids is 2. The molecule has 1 aromatic heterocycles. The van der Waals surface area contributed by atoms with E-state index < -0.39 is 0 Å². The van der Waals surface area contributed by atoms with E-state index in [1.165, 1.54) is 0 Å². The first-order valence-electron chi connectivity index (χ1n) is 11.9. The van der Waals surface area contributed by atoms with E-state index in [4.69, 9.17) is 18.9 Å². The first-order chi connectivity index (χ1) is 17.0. The normalized spacial score (nSPS) is 18.8. The van der Waals surface area contributed by atoms with Crippen LogP contribution in [0.4, 0.5) is 0 Å². The lowest BCUT2D eigenvalue weighted by atomic mass is 9.88. The van der Waals surface area contributed by atoms with E-state index in [1.54, 1.807) is 45.7 Å². The highest BCUT2D eigenvalue weighted by atomic mass is 16.5. The van der Waals surface area contributed by atoms with Gasteiger partial charge in [0.2, 0.25) is 11.7 Å². The van der Waals surface area contributed by atoms with Crippen molar-refractivity contribution in [2.24, 2.45) is 0 Å². The molecule has 1 atom stereocenters. The maximum Gasteiger partial charge on any atom is 0.269 e. The van der Waals surface area contributed by atoms with Crippen molar-refractivity contribution in [1.29, 1.82) is 0 Å². The van der Waals surface area contributed by atoms with Gasteiger partial charge in [-0.25, -0.2) is 0 Å². The van der Waals surface area contributed by atoms with E-state index in [9.17, 15) is 9.59 Å². The van der Waals surface area contributed by atoms with Crippen molar-refractivity contribution in [3.05, 3.63) is 47.8 Å². The Hall–Kier alpha value is -3.33. The summed E-state index contributed by atoms with van der Waals surface area (Å²) in [4.78, 5) is 31.3. The number of benzene rings is 1. The Balaban J connectivity index is 1.28. The molecule has 0 radical (unpaired) electrons. The van der Waals surface area contributed by atoms with Crippen LogP contribution < -0.4 is 19.5 Å². The van der Waals surface area contributed by atoms with Crippen molar-refractivity contribution in [3.63, 3.8) is 0 Å². The first kappa shape index (κ1) is 24.8. The molecule has 9 nitrogen and oxygen atoms in total. The summed E-state index contributed by atoms with van der Waals surface area (Å²) in [6.07, 6.45) is 5.24. The summed E-state index contributed by atoms with van der Waals surface area (Å²) >= 11 is 0. The van der Waals surface area contributed by atoms with Gasteiger partial charge in [0.15, 0.2) is 11.5 Å². The van der Waals surface area contributed by atoms with Crippen LogP contribution in [-0.2, 0) is 16.0 Å². The van der Waals surface area contributed by atoms with Gasteiger partial charge >= 0.3 is 0 Å². The molecule has 0 bridgehead atoms. The molecule has 0 saturated carbocycles. The van der Waals surface area contributed by atoms with Crippen LogP contribution in [-0.4, -0.2) is 74.4 Å². The maximum absolute atomic E-state index is 13.0. The summed E-state index contributed by atoms with van der Waals surface area (Å²) in [5.41, 5.74) is 0.994. The predicted molar refractivity (Wildman–Crippen MR) is 129 cm³/mol. The van der Waals surface area contributed by atoms with E-state index >= 15 is 0 Å². The highest BCUT2D eigenvalue weighted by Gasteiger charge is 2.43. The van der Waals surface area contributed by atoms with Gasteiger partial charge < -0.3 is 29.2 Å². The molecule has 2 saturated heterocycles. The number of likely N-dealkylation sites (tertiary alicyclic amines) is 1. The Labute approximate surface area is 205 Å². The lowest BCUT2D eigenvalue weighted by Crippen LogP contribution is -2.47. The van der Waals surface area contributed by atoms with Crippen LogP contribution in [0.25, 0.3) is 0 Å². The van der Waals surface area contributed by atoms with Gasteiger partial charge in [0, 0.05) is 25.8 Å². The summed E-state index contributed by atoms with van der Waals surface area (Å²) in [6, 6.07) is 8.89. The minimum Gasteiger partial charge on any atom is -0.493 e. The monoisotopic (exact) mass is 483 g/mol. The Morgan fingerprint density at radius 1 is 1.09 bits per heavy atom. The average Bonchev–Trinajstić information content (AvgIpc) is 3.29. The van der Waals surface area contributed by atoms with Crippen LogP contribution in [0.1, 0.15) is 41.7 Å². The van der Waals surface area contributed by atoms with Crippen molar-refractivity contribution in [1.82, 2.24) is 15.2 Å². The molecule has 2 amide bonds. The van der Waals surface area contributed by atoms with Gasteiger partial charge in [-0.1, -0.05) is 6.07 Å². The summed E-state index contributed by atoms with van der Waals surface area (Å²) < 4.78 is 22.6. The molecular formula is C26H33N3O6. The zero-order valence-electron chi connectivity index (χ0n) is 20.5. The number of ether oxygens (including phenoxy) is 4. The van der Waals surface area contributed by atoms with Crippen molar-refractivity contribution < 1.29 is 28.5 Å². The van der Waals surface area contributed by atoms with Crippen molar-refractivity contribution in [3.8, 4) is 17.2 Å². The highest BCUT2D eigenvalue weighted by molar-refractivity contribution is 5.92. The van der Waals surface area contributed by atoms with Gasteiger partial charge in [0.25, 0.3) is 5.91 Å². The Morgan fingerprint density at radius 2 is 1.80 bits per heavy atom. The number of piperidine rings is 1. The largest absolute Gasteiger partial charge is 0.493 e. The predicted octanol–water partition coefficient (Wildman–Crippen LogP) is 2.62. The van der Waals surface area contributed by atoms with Crippen LogP contribution in [0.5, 0.6) is 17.2 Å². The van der Waals surface area contributed by atoms with Crippen molar-refractivity contribution in [2.75, 3.05) is 41.0 Å².